The Morgan fingerprint density at radius 1 is 1.30 bits per heavy atom. The van der Waals surface area contributed by atoms with Crippen molar-refractivity contribution in [2.45, 2.75) is 40.5 Å². The third-order valence-electron chi connectivity index (χ3n) is 3.87. The molecule has 27 heavy (non-hydrogen) atoms. The van der Waals surface area contributed by atoms with Crippen LogP contribution in [-0.4, -0.2) is 37.1 Å². The van der Waals surface area contributed by atoms with Crippen LogP contribution in [0.5, 0.6) is 0 Å². The lowest BCUT2D eigenvalue weighted by molar-refractivity contribution is 0.0160. The lowest BCUT2D eigenvalue weighted by Crippen LogP contribution is -2.09. The number of aromatic carboxylic acids is 1. The summed E-state index contributed by atoms with van der Waals surface area (Å²) in [7, 11) is 0. The van der Waals surface area contributed by atoms with Gasteiger partial charge in [-0.05, 0) is 19.9 Å². The summed E-state index contributed by atoms with van der Waals surface area (Å²) in [5, 5.41) is 20.6. The first-order valence-electron chi connectivity index (χ1n) is 8.74. The minimum absolute atomic E-state index is 0.0708. The highest BCUT2D eigenvalue weighted by atomic mass is 16.5. The van der Waals surface area contributed by atoms with Gasteiger partial charge in [-0.3, -0.25) is 0 Å². The van der Waals surface area contributed by atoms with Crippen LogP contribution in [0.1, 0.15) is 49.8 Å². The molecule has 9 heteroatoms. The fraction of sp³-hybridized carbons (Fsp3) is 0.389. The number of hydrogen-bond acceptors (Lipinski definition) is 6. The number of carboxylic acid groups (broad SMARTS) is 1. The molecule has 0 radical (unpaired) electrons. The second-order valence-corrected chi connectivity index (χ2v) is 5.46. The average Bonchev–Trinajstić information content (AvgIpc) is 3.31. The fourth-order valence-corrected chi connectivity index (χ4v) is 2.72. The molecule has 0 amide bonds. The molecule has 0 aliphatic rings. The van der Waals surface area contributed by atoms with Gasteiger partial charge < -0.3 is 9.84 Å². The summed E-state index contributed by atoms with van der Waals surface area (Å²) in [5.74, 6) is -1.05. The maximum atomic E-state index is 11.3. The topological polar surface area (TPSA) is 111 Å². The smallest absolute Gasteiger partial charge is 0.337 e. The van der Waals surface area contributed by atoms with Crippen LogP contribution < -0.4 is 0 Å². The van der Waals surface area contributed by atoms with Crippen LogP contribution in [0.25, 0.3) is 16.6 Å². The Bertz CT molecular complexity index is 931. The Balaban J connectivity index is 0.00000126. The monoisotopic (exact) mass is 373 g/mol. The molecule has 1 atom stereocenters. The Morgan fingerprint density at radius 2 is 2.04 bits per heavy atom. The van der Waals surface area contributed by atoms with Crippen molar-refractivity contribution in [2.75, 3.05) is 6.61 Å². The summed E-state index contributed by atoms with van der Waals surface area (Å²) in [6, 6.07) is 1.52. The number of aromatic nitrogens is 4. The van der Waals surface area contributed by atoms with Gasteiger partial charge in [0.2, 0.25) is 0 Å². The molecule has 0 fully saturated rings. The van der Waals surface area contributed by atoms with E-state index in [2.05, 4.69) is 15.4 Å². The van der Waals surface area contributed by atoms with E-state index in [4.69, 9.17) is 4.74 Å². The molecular formula is C18H23N5O4. The third-order valence-corrected chi connectivity index (χ3v) is 3.87. The van der Waals surface area contributed by atoms with Crippen molar-refractivity contribution in [3.8, 4) is 11.1 Å². The van der Waals surface area contributed by atoms with E-state index < -0.39 is 5.97 Å². The van der Waals surface area contributed by atoms with Crippen LogP contribution >= 0.6 is 0 Å². The van der Waals surface area contributed by atoms with Crippen molar-refractivity contribution >= 4 is 11.5 Å². The maximum Gasteiger partial charge on any atom is 0.337 e. The molecule has 1 N–H and O–H groups in total. The highest BCUT2D eigenvalue weighted by Gasteiger charge is 2.18. The van der Waals surface area contributed by atoms with Crippen molar-refractivity contribution in [1.29, 1.82) is 0 Å². The zero-order valence-corrected chi connectivity index (χ0v) is 15.8. The van der Waals surface area contributed by atoms with Crippen LogP contribution in [0.4, 0.5) is 0 Å². The lowest BCUT2D eigenvalue weighted by atomic mass is 10.0. The van der Waals surface area contributed by atoms with Crippen LogP contribution in [0, 0.1) is 4.91 Å². The summed E-state index contributed by atoms with van der Waals surface area (Å²) in [6.45, 7) is 8.25. The summed E-state index contributed by atoms with van der Waals surface area (Å²) in [5.41, 5.74) is 2.69. The van der Waals surface area contributed by atoms with Gasteiger partial charge in [0.25, 0.3) is 0 Å². The molecule has 0 saturated heterocycles. The molecule has 3 aromatic rings. The van der Waals surface area contributed by atoms with Crippen LogP contribution in [-0.2, 0) is 11.3 Å². The third kappa shape index (κ3) is 4.20. The minimum atomic E-state index is -1.05. The van der Waals surface area contributed by atoms with Gasteiger partial charge in [0, 0.05) is 35.7 Å². The SMILES string of the molecule is CC.CCOC(C)n1cc(-c2c(CN=O)cnn3cc(C(=O)O)cc23)cn1. The van der Waals surface area contributed by atoms with E-state index >= 15 is 0 Å². The summed E-state index contributed by atoms with van der Waals surface area (Å²) in [6.07, 6.45) is 6.13. The standard InChI is InChI=1S/C16H17N5O4.C2H6/c1-3-25-10(2)20-9-13(6-17-20)15-12(7-19-24)5-18-21-8-11(16(22)23)4-14(15)21;1-2/h4-6,8-10H,3,7H2,1-2H3,(H,22,23);1-2H3. The number of rotatable bonds is 7. The number of carboxylic acids is 1. The number of ether oxygens (including phenoxy) is 1. The Morgan fingerprint density at radius 3 is 2.67 bits per heavy atom. The number of nitroso groups, excluding NO2 is 1. The number of hydrogen-bond donors (Lipinski definition) is 1. The molecule has 0 aromatic carbocycles. The molecule has 1 unspecified atom stereocenters. The Hall–Kier alpha value is -3.07. The van der Waals surface area contributed by atoms with Gasteiger partial charge in [-0.1, -0.05) is 19.0 Å². The Labute approximate surface area is 156 Å². The van der Waals surface area contributed by atoms with Gasteiger partial charge in [0.15, 0.2) is 0 Å². The van der Waals surface area contributed by atoms with Gasteiger partial charge in [-0.25, -0.2) is 14.0 Å². The molecule has 3 rings (SSSR count). The molecular weight excluding hydrogens is 350 g/mol. The van der Waals surface area contributed by atoms with E-state index in [1.54, 1.807) is 17.1 Å². The van der Waals surface area contributed by atoms with E-state index in [-0.39, 0.29) is 18.3 Å². The minimum Gasteiger partial charge on any atom is -0.478 e. The highest BCUT2D eigenvalue weighted by Crippen LogP contribution is 2.30. The van der Waals surface area contributed by atoms with Gasteiger partial charge >= 0.3 is 5.97 Å². The average molecular weight is 373 g/mol. The fourth-order valence-electron chi connectivity index (χ4n) is 2.72. The molecule has 0 bridgehead atoms. The first-order chi connectivity index (χ1) is 13.0. The number of fused-ring (bicyclic) bond motifs is 1. The van der Waals surface area contributed by atoms with E-state index in [1.165, 1.54) is 23.0 Å². The largest absolute Gasteiger partial charge is 0.478 e. The Kier molecular flexibility index (Phi) is 6.78. The summed E-state index contributed by atoms with van der Waals surface area (Å²) >= 11 is 0. The van der Waals surface area contributed by atoms with E-state index in [0.29, 0.717) is 23.3 Å². The first kappa shape index (κ1) is 20.2. The molecule has 9 nitrogen and oxygen atoms in total. The second kappa shape index (κ2) is 9.04. The molecule has 144 valence electrons. The van der Waals surface area contributed by atoms with Crippen LogP contribution in [0.15, 0.2) is 36.0 Å². The zero-order valence-electron chi connectivity index (χ0n) is 15.8. The predicted octanol–water partition coefficient (Wildman–Crippen LogP) is 3.74. The van der Waals surface area contributed by atoms with Gasteiger partial charge in [0.1, 0.15) is 12.8 Å². The van der Waals surface area contributed by atoms with Crippen molar-refractivity contribution in [2.24, 2.45) is 5.18 Å². The maximum absolute atomic E-state index is 11.3. The number of carbonyl (C=O) groups is 1. The van der Waals surface area contributed by atoms with Gasteiger partial charge in [0.05, 0.1) is 23.5 Å². The summed E-state index contributed by atoms with van der Waals surface area (Å²) < 4.78 is 8.64. The van der Waals surface area contributed by atoms with E-state index in [0.717, 1.165) is 5.56 Å². The van der Waals surface area contributed by atoms with Crippen molar-refractivity contribution < 1.29 is 14.6 Å². The van der Waals surface area contributed by atoms with Crippen LogP contribution in [0.2, 0.25) is 0 Å². The first-order valence-corrected chi connectivity index (χ1v) is 8.74. The van der Waals surface area contributed by atoms with E-state index in [1.807, 2.05) is 27.7 Å². The number of nitrogens with zero attached hydrogens (tertiary/aromatic N) is 5. The zero-order chi connectivity index (χ0) is 20.0. The summed E-state index contributed by atoms with van der Waals surface area (Å²) in [4.78, 5) is 22.0. The molecule has 0 aliphatic carbocycles. The van der Waals surface area contributed by atoms with Crippen LogP contribution in [0.3, 0.4) is 0 Å². The highest BCUT2D eigenvalue weighted by molar-refractivity contribution is 5.92. The normalized spacial score (nSPS) is 11.7. The molecule has 0 spiro atoms. The molecule has 0 aliphatic heterocycles. The molecule has 3 aromatic heterocycles. The predicted molar refractivity (Wildman–Crippen MR) is 101 cm³/mol. The van der Waals surface area contributed by atoms with Gasteiger partial charge in [-0.2, -0.15) is 15.1 Å². The lowest BCUT2D eigenvalue weighted by Gasteiger charge is -2.11. The molecule has 3 heterocycles. The van der Waals surface area contributed by atoms with E-state index in [9.17, 15) is 14.8 Å². The quantitative estimate of drug-likeness (QED) is 0.632. The van der Waals surface area contributed by atoms with Crippen molar-refractivity contribution in [1.82, 2.24) is 19.4 Å². The van der Waals surface area contributed by atoms with Crippen molar-refractivity contribution in [3.63, 3.8) is 0 Å². The second-order valence-electron chi connectivity index (χ2n) is 5.46. The molecule has 0 saturated carbocycles. The van der Waals surface area contributed by atoms with Crippen molar-refractivity contribution in [3.05, 3.63) is 46.9 Å². The van der Waals surface area contributed by atoms with Gasteiger partial charge in [-0.15, -0.1) is 0 Å².